The molecule has 1 amide bonds. The second kappa shape index (κ2) is 7.55. The second-order valence-corrected chi connectivity index (χ2v) is 3.75. The molecule has 1 aromatic carbocycles. The van der Waals surface area contributed by atoms with E-state index < -0.39 is 0 Å². The summed E-state index contributed by atoms with van der Waals surface area (Å²) in [6, 6.07) is 5.07. The Balaban J connectivity index is 2.70. The van der Waals surface area contributed by atoms with Gasteiger partial charge in [0.25, 0.3) is 5.91 Å². The quantitative estimate of drug-likeness (QED) is 0.717. The van der Waals surface area contributed by atoms with Crippen LogP contribution >= 0.6 is 0 Å². The van der Waals surface area contributed by atoms with Crippen molar-refractivity contribution in [1.29, 1.82) is 0 Å². The van der Waals surface area contributed by atoms with Crippen LogP contribution in [0.3, 0.4) is 0 Å². The number of carbonyl (C=O) groups is 1. The van der Waals surface area contributed by atoms with Crippen LogP contribution in [0.2, 0.25) is 0 Å². The Morgan fingerprint density at radius 2 is 2.06 bits per heavy atom. The molecule has 0 aromatic heterocycles. The summed E-state index contributed by atoms with van der Waals surface area (Å²) >= 11 is 0. The number of aliphatic hydroxyl groups excluding tert-OH is 1. The zero-order valence-corrected chi connectivity index (χ0v) is 10.7. The van der Waals surface area contributed by atoms with Crippen LogP contribution in [-0.2, 0) is 0 Å². The van der Waals surface area contributed by atoms with Crippen molar-refractivity contribution in [2.45, 2.75) is 12.8 Å². The lowest BCUT2D eigenvalue weighted by Gasteiger charge is -2.10. The number of benzene rings is 1. The Morgan fingerprint density at radius 3 is 2.67 bits per heavy atom. The fourth-order valence-corrected chi connectivity index (χ4v) is 1.53. The van der Waals surface area contributed by atoms with Gasteiger partial charge in [0.1, 0.15) is 11.5 Å². The first-order valence-electron chi connectivity index (χ1n) is 5.84. The average molecular weight is 253 g/mol. The molecule has 0 atom stereocenters. The third-order valence-corrected chi connectivity index (χ3v) is 2.52. The van der Waals surface area contributed by atoms with Gasteiger partial charge in [-0.1, -0.05) is 0 Å². The highest BCUT2D eigenvalue weighted by Gasteiger charge is 2.12. The number of aliphatic hydroxyl groups is 1. The normalized spacial score (nSPS) is 9.94. The molecule has 0 bridgehead atoms. The van der Waals surface area contributed by atoms with Crippen LogP contribution in [0.15, 0.2) is 18.2 Å². The Morgan fingerprint density at radius 1 is 1.28 bits per heavy atom. The number of unbranched alkanes of at least 4 members (excludes halogenated alkanes) is 1. The predicted octanol–water partition coefficient (Wildman–Crippen LogP) is 1.21. The number of ether oxygens (including phenoxy) is 2. The summed E-state index contributed by atoms with van der Waals surface area (Å²) < 4.78 is 10.2. The van der Waals surface area contributed by atoms with E-state index in [0.29, 0.717) is 30.0 Å². The molecule has 0 aliphatic carbocycles. The zero-order chi connectivity index (χ0) is 13.4. The van der Waals surface area contributed by atoms with Crippen LogP contribution in [-0.4, -0.2) is 38.4 Å². The fourth-order valence-electron chi connectivity index (χ4n) is 1.53. The van der Waals surface area contributed by atoms with Gasteiger partial charge in [0.05, 0.1) is 19.8 Å². The van der Waals surface area contributed by atoms with E-state index >= 15 is 0 Å². The van der Waals surface area contributed by atoms with Crippen LogP contribution in [0, 0.1) is 0 Å². The number of amides is 1. The van der Waals surface area contributed by atoms with Gasteiger partial charge >= 0.3 is 0 Å². The number of methoxy groups -OCH3 is 2. The van der Waals surface area contributed by atoms with Gasteiger partial charge in [-0.15, -0.1) is 0 Å². The van der Waals surface area contributed by atoms with E-state index in [9.17, 15) is 4.79 Å². The standard InChI is InChI=1S/C13H19NO4/c1-17-10-5-6-12(18-2)11(9-10)13(16)14-7-3-4-8-15/h5-6,9,15H,3-4,7-8H2,1-2H3,(H,14,16). The third kappa shape index (κ3) is 3.92. The van der Waals surface area contributed by atoms with Crippen molar-refractivity contribution in [2.75, 3.05) is 27.4 Å². The summed E-state index contributed by atoms with van der Waals surface area (Å²) in [5, 5.41) is 11.4. The second-order valence-electron chi connectivity index (χ2n) is 3.75. The molecule has 0 aliphatic heterocycles. The topological polar surface area (TPSA) is 67.8 Å². The third-order valence-electron chi connectivity index (χ3n) is 2.52. The molecule has 1 aromatic rings. The molecule has 0 saturated heterocycles. The van der Waals surface area contributed by atoms with Crippen LogP contribution in [0.4, 0.5) is 0 Å². The molecule has 1 rings (SSSR count). The van der Waals surface area contributed by atoms with Crippen LogP contribution in [0.5, 0.6) is 11.5 Å². The molecule has 0 heterocycles. The summed E-state index contributed by atoms with van der Waals surface area (Å²) in [5.41, 5.74) is 0.445. The van der Waals surface area contributed by atoms with Gasteiger partial charge in [0, 0.05) is 13.2 Å². The summed E-state index contributed by atoms with van der Waals surface area (Å²) in [5.74, 6) is 0.912. The van der Waals surface area contributed by atoms with Crippen molar-refractivity contribution >= 4 is 5.91 Å². The van der Waals surface area contributed by atoms with Crippen LogP contribution < -0.4 is 14.8 Å². The van der Waals surface area contributed by atoms with Crippen LogP contribution in [0.25, 0.3) is 0 Å². The van der Waals surface area contributed by atoms with Gasteiger partial charge in [0.15, 0.2) is 0 Å². The summed E-state index contributed by atoms with van der Waals surface area (Å²) in [4.78, 5) is 11.9. The minimum Gasteiger partial charge on any atom is -0.497 e. The zero-order valence-electron chi connectivity index (χ0n) is 10.7. The molecule has 5 nitrogen and oxygen atoms in total. The van der Waals surface area contributed by atoms with E-state index in [0.717, 1.165) is 6.42 Å². The highest BCUT2D eigenvalue weighted by atomic mass is 16.5. The van der Waals surface area contributed by atoms with Crippen molar-refractivity contribution in [3.05, 3.63) is 23.8 Å². The van der Waals surface area contributed by atoms with E-state index in [4.69, 9.17) is 14.6 Å². The minimum absolute atomic E-state index is 0.137. The Hall–Kier alpha value is -1.75. The van der Waals surface area contributed by atoms with Crippen molar-refractivity contribution in [1.82, 2.24) is 5.32 Å². The van der Waals surface area contributed by atoms with Gasteiger partial charge in [-0.25, -0.2) is 0 Å². The minimum atomic E-state index is -0.205. The highest BCUT2D eigenvalue weighted by Crippen LogP contribution is 2.23. The smallest absolute Gasteiger partial charge is 0.255 e. The monoisotopic (exact) mass is 253 g/mol. The van der Waals surface area contributed by atoms with Crippen molar-refractivity contribution in [3.8, 4) is 11.5 Å². The van der Waals surface area contributed by atoms with E-state index in [1.54, 1.807) is 25.3 Å². The molecular weight excluding hydrogens is 234 g/mol. The lowest BCUT2D eigenvalue weighted by atomic mass is 10.1. The largest absolute Gasteiger partial charge is 0.497 e. The Labute approximate surface area is 107 Å². The van der Waals surface area contributed by atoms with E-state index in [-0.39, 0.29) is 12.5 Å². The Bertz CT molecular complexity index is 393. The lowest BCUT2D eigenvalue weighted by Crippen LogP contribution is -2.25. The first-order chi connectivity index (χ1) is 8.72. The number of hydrogen-bond acceptors (Lipinski definition) is 4. The fraction of sp³-hybridized carbons (Fsp3) is 0.462. The molecule has 0 unspecified atom stereocenters. The maximum Gasteiger partial charge on any atom is 0.255 e. The molecule has 2 N–H and O–H groups in total. The van der Waals surface area contributed by atoms with Crippen molar-refractivity contribution < 1.29 is 19.4 Å². The molecule has 100 valence electrons. The summed E-state index contributed by atoms with van der Waals surface area (Å²) in [6.45, 7) is 0.665. The Kier molecular flexibility index (Phi) is 6.00. The maximum absolute atomic E-state index is 11.9. The first-order valence-corrected chi connectivity index (χ1v) is 5.84. The van der Waals surface area contributed by atoms with Crippen molar-refractivity contribution in [2.24, 2.45) is 0 Å². The summed E-state index contributed by atoms with van der Waals surface area (Å²) in [6.07, 6.45) is 1.42. The van der Waals surface area contributed by atoms with Crippen molar-refractivity contribution in [3.63, 3.8) is 0 Å². The van der Waals surface area contributed by atoms with Gasteiger partial charge in [-0.2, -0.15) is 0 Å². The van der Waals surface area contributed by atoms with Crippen LogP contribution in [0.1, 0.15) is 23.2 Å². The van der Waals surface area contributed by atoms with E-state index in [1.807, 2.05) is 0 Å². The van der Waals surface area contributed by atoms with Gasteiger partial charge < -0.3 is 19.9 Å². The molecule has 5 heteroatoms. The van der Waals surface area contributed by atoms with E-state index in [1.165, 1.54) is 7.11 Å². The molecular formula is C13H19NO4. The van der Waals surface area contributed by atoms with Gasteiger partial charge in [-0.05, 0) is 31.0 Å². The maximum atomic E-state index is 11.9. The van der Waals surface area contributed by atoms with E-state index in [2.05, 4.69) is 5.32 Å². The highest BCUT2D eigenvalue weighted by molar-refractivity contribution is 5.97. The number of nitrogens with one attached hydrogen (secondary N) is 1. The molecule has 0 saturated carbocycles. The predicted molar refractivity (Wildman–Crippen MR) is 68.2 cm³/mol. The number of carbonyl (C=O) groups excluding carboxylic acids is 1. The summed E-state index contributed by atoms with van der Waals surface area (Å²) in [7, 11) is 3.06. The number of hydrogen-bond donors (Lipinski definition) is 2. The first kappa shape index (κ1) is 14.3. The molecule has 0 spiro atoms. The van der Waals surface area contributed by atoms with Gasteiger partial charge in [-0.3, -0.25) is 4.79 Å². The average Bonchev–Trinajstić information content (AvgIpc) is 2.42. The lowest BCUT2D eigenvalue weighted by molar-refractivity contribution is 0.0948. The SMILES string of the molecule is COc1ccc(OC)c(C(=O)NCCCCO)c1. The molecule has 0 aliphatic rings. The molecule has 18 heavy (non-hydrogen) atoms. The van der Waals surface area contributed by atoms with Gasteiger partial charge in [0.2, 0.25) is 0 Å². The molecule has 0 radical (unpaired) electrons. The molecule has 0 fully saturated rings. The number of rotatable bonds is 7.